The normalized spacial score (nSPS) is 23.1. The summed E-state index contributed by atoms with van der Waals surface area (Å²) in [5.41, 5.74) is 7.84. The van der Waals surface area contributed by atoms with Gasteiger partial charge in [-0.25, -0.2) is 0 Å². The Kier molecular flexibility index (Phi) is 3.65. The van der Waals surface area contributed by atoms with E-state index in [0.29, 0.717) is 29.8 Å². The second kappa shape index (κ2) is 5.44. The summed E-state index contributed by atoms with van der Waals surface area (Å²) in [6.07, 6.45) is 3.43. The minimum Gasteiger partial charge on any atom is -0.395 e. The van der Waals surface area contributed by atoms with Crippen LogP contribution in [0.2, 0.25) is 0 Å². The number of hydrogen-bond acceptors (Lipinski definition) is 4. The van der Waals surface area contributed by atoms with Crippen LogP contribution in [-0.2, 0) is 0 Å². The standard InChI is InChI=1S/C14H23N5O/c1-2-19-6-5-9(8-19)7-16-14(20)13-11(15)12(17-18-13)10-3-4-10/h9-10H,2-8,15H2,1H3,(H,16,20)(H,17,18). The molecule has 1 aromatic rings. The molecule has 2 aliphatic rings. The first kappa shape index (κ1) is 13.4. The predicted octanol–water partition coefficient (Wildman–Crippen LogP) is 0.941. The molecule has 1 atom stereocenters. The molecular formula is C14H23N5O. The molecule has 4 N–H and O–H groups in total. The van der Waals surface area contributed by atoms with Crippen LogP contribution in [0.25, 0.3) is 0 Å². The number of aromatic amines is 1. The Morgan fingerprint density at radius 1 is 1.50 bits per heavy atom. The Morgan fingerprint density at radius 2 is 2.30 bits per heavy atom. The second-order valence-electron chi connectivity index (χ2n) is 5.93. The van der Waals surface area contributed by atoms with E-state index >= 15 is 0 Å². The fourth-order valence-corrected chi connectivity index (χ4v) is 2.91. The van der Waals surface area contributed by atoms with E-state index in [4.69, 9.17) is 5.73 Å². The minimum absolute atomic E-state index is 0.152. The number of hydrogen-bond donors (Lipinski definition) is 3. The molecule has 20 heavy (non-hydrogen) atoms. The van der Waals surface area contributed by atoms with Gasteiger partial charge >= 0.3 is 0 Å². The van der Waals surface area contributed by atoms with E-state index < -0.39 is 0 Å². The van der Waals surface area contributed by atoms with E-state index in [-0.39, 0.29) is 5.91 Å². The van der Waals surface area contributed by atoms with Crippen molar-refractivity contribution in [3.05, 3.63) is 11.4 Å². The van der Waals surface area contributed by atoms with Crippen molar-refractivity contribution in [2.75, 3.05) is 31.9 Å². The van der Waals surface area contributed by atoms with E-state index in [1.54, 1.807) is 0 Å². The molecule has 1 aliphatic carbocycles. The van der Waals surface area contributed by atoms with Crippen molar-refractivity contribution in [1.29, 1.82) is 0 Å². The van der Waals surface area contributed by atoms with Crippen molar-refractivity contribution in [3.63, 3.8) is 0 Å². The first-order valence-corrected chi connectivity index (χ1v) is 7.53. The summed E-state index contributed by atoms with van der Waals surface area (Å²) < 4.78 is 0. The number of nitrogen functional groups attached to an aromatic ring is 1. The molecule has 1 saturated heterocycles. The van der Waals surface area contributed by atoms with Gasteiger partial charge in [0.2, 0.25) is 0 Å². The molecule has 1 amide bonds. The molecule has 1 aromatic heterocycles. The van der Waals surface area contributed by atoms with Gasteiger partial charge in [0.05, 0.1) is 11.4 Å². The number of nitrogens with one attached hydrogen (secondary N) is 2. The summed E-state index contributed by atoms with van der Waals surface area (Å²) in [5, 5.41) is 9.97. The van der Waals surface area contributed by atoms with Crippen molar-refractivity contribution in [2.45, 2.75) is 32.1 Å². The van der Waals surface area contributed by atoms with Gasteiger partial charge < -0.3 is 16.0 Å². The highest BCUT2D eigenvalue weighted by Gasteiger charge is 2.30. The zero-order valence-corrected chi connectivity index (χ0v) is 12.0. The van der Waals surface area contributed by atoms with Gasteiger partial charge in [-0.05, 0) is 38.3 Å². The van der Waals surface area contributed by atoms with Crippen LogP contribution in [0, 0.1) is 5.92 Å². The summed E-state index contributed by atoms with van der Waals surface area (Å²) in [6, 6.07) is 0. The average molecular weight is 277 g/mol. The summed E-state index contributed by atoms with van der Waals surface area (Å²) in [5.74, 6) is 0.875. The maximum atomic E-state index is 12.1. The number of H-pyrrole nitrogens is 1. The van der Waals surface area contributed by atoms with Crippen molar-refractivity contribution < 1.29 is 4.79 Å². The summed E-state index contributed by atoms with van der Waals surface area (Å²) in [7, 11) is 0. The molecule has 0 radical (unpaired) electrons. The number of nitrogens with zero attached hydrogens (tertiary/aromatic N) is 2. The molecule has 3 rings (SSSR count). The molecule has 110 valence electrons. The van der Waals surface area contributed by atoms with E-state index in [2.05, 4.69) is 27.3 Å². The van der Waals surface area contributed by atoms with Crippen LogP contribution in [0.4, 0.5) is 5.69 Å². The van der Waals surface area contributed by atoms with Crippen molar-refractivity contribution in [2.24, 2.45) is 5.92 Å². The van der Waals surface area contributed by atoms with E-state index in [9.17, 15) is 4.79 Å². The van der Waals surface area contributed by atoms with Crippen LogP contribution in [0.3, 0.4) is 0 Å². The Hall–Kier alpha value is -1.56. The lowest BCUT2D eigenvalue weighted by atomic mass is 10.1. The molecule has 2 fully saturated rings. The number of nitrogens with two attached hydrogens (primary N) is 1. The van der Waals surface area contributed by atoms with Gasteiger partial charge in [0.15, 0.2) is 5.69 Å². The Labute approximate surface area is 119 Å². The van der Waals surface area contributed by atoms with Crippen LogP contribution in [-0.4, -0.2) is 47.2 Å². The van der Waals surface area contributed by atoms with Gasteiger partial charge in [0.1, 0.15) is 0 Å². The van der Waals surface area contributed by atoms with Crippen molar-refractivity contribution in [1.82, 2.24) is 20.4 Å². The molecule has 0 spiro atoms. The molecule has 0 bridgehead atoms. The summed E-state index contributed by atoms with van der Waals surface area (Å²) in [4.78, 5) is 14.6. The lowest BCUT2D eigenvalue weighted by Crippen LogP contribution is -2.31. The van der Waals surface area contributed by atoms with Gasteiger partial charge in [-0.3, -0.25) is 9.89 Å². The molecular weight excluding hydrogens is 254 g/mol. The number of aromatic nitrogens is 2. The molecule has 2 heterocycles. The van der Waals surface area contributed by atoms with Crippen molar-refractivity contribution >= 4 is 11.6 Å². The smallest absolute Gasteiger partial charge is 0.273 e. The van der Waals surface area contributed by atoms with Gasteiger partial charge in [0, 0.05) is 19.0 Å². The highest BCUT2D eigenvalue weighted by Crippen LogP contribution is 2.42. The molecule has 6 nitrogen and oxygen atoms in total. The third-order valence-corrected chi connectivity index (χ3v) is 4.40. The highest BCUT2D eigenvalue weighted by atomic mass is 16.1. The van der Waals surface area contributed by atoms with Crippen LogP contribution in [0.1, 0.15) is 48.3 Å². The topological polar surface area (TPSA) is 87.0 Å². The quantitative estimate of drug-likeness (QED) is 0.747. The number of amides is 1. The van der Waals surface area contributed by atoms with E-state index in [1.807, 2.05) is 0 Å². The number of rotatable bonds is 5. The van der Waals surface area contributed by atoms with Crippen LogP contribution < -0.4 is 11.1 Å². The molecule has 1 unspecified atom stereocenters. The van der Waals surface area contributed by atoms with Crippen LogP contribution >= 0.6 is 0 Å². The Balaban J connectivity index is 1.54. The largest absolute Gasteiger partial charge is 0.395 e. The molecule has 1 aliphatic heterocycles. The van der Waals surface area contributed by atoms with Gasteiger partial charge in [-0.15, -0.1) is 0 Å². The second-order valence-corrected chi connectivity index (χ2v) is 5.93. The zero-order chi connectivity index (χ0) is 14.1. The maximum absolute atomic E-state index is 12.1. The van der Waals surface area contributed by atoms with Crippen molar-refractivity contribution in [3.8, 4) is 0 Å². The number of anilines is 1. The minimum atomic E-state index is -0.152. The molecule has 6 heteroatoms. The lowest BCUT2D eigenvalue weighted by molar-refractivity contribution is 0.0943. The summed E-state index contributed by atoms with van der Waals surface area (Å²) >= 11 is 0. The van der Waals surface area contributed by atoms with Gasteiger partial charge in [-0.2, -0.15) is 5.10 Å². The maximum Gasteiger partial charge on any atom is 0.273 e. The number of likely N-dealkylation sites (tertiary alicyclic amines) is 1. The zero-order valence-electron chi connectivity index (χ0n) is 12.0. The lowest BCUT2D eigenvalue weighted by Gasteiger charge is -2.13. The Morgan fingerprint density at radius 3 is 2.95 bits per heavy atom. The van der Waals surface area contributed by atoms with Gasteiger partial charge in [-0.1, -0.05) is 6.92 Å². The number of carbonyl (C=O) groups excluding carboxylic acids is 1. The molecule has 0 aromatic carbocycles. The third kappa shape index (κ3) is 2.65. The SMILES string of the molecule is CCN1CCC(CNC(=O)c2n[nH]c(C3CC3)c2N)C1. The van der Waals surface area contributed by atoms with E-state index in [0.717, 1.165) is 44.6 Å². The fraction of sp³-hybridized carbons (Fsp3) is 0.714. The fourth-order valence-electron chi connectivity index (χ4n) is 2.91. The Bertz CT molecular complexity index is 494. The first-order chi connectivity index (χ1) is 9.69. The average Bonchev–Trinajstić information content (AvgIpc) is 3.06. The summed E-state index contributed by atoms with van der Waals surface area (Å²) in [6.45, 7) is 6.17. The molecule has 1 saturated carbocycles. The van der Waals surface area contributed by atoms with Gasteiger partial charge in [0.25, 0.3) is 5.91 Å². The van der Waals surface area contributed by atoms with Crippen LogP contribution in [0.15, 0.2) is 0 Å². The highest BCUT2D eigenvalue weighted by molar-refractivity contribution is 5.97. The van der Waals surface area contributed by atoms with E-state index in [1.165, 1.54) is 0 Å². The number of carbonyl (C=O) groups is 1. The third-order valence-electron chi connectivity index (χ3n) is 4.40. The first-order valence-electron chi connectivity index (χ1n) is 7.53. The van der Waals surface area contributed by atoms with Crippen LogP contribution in [0.5, 0.6) is 0 Å². The predicted molar refractivity (Wildman–Crippen MR) is 77.5 cm³/mol. The monoisotopic (exact) mass is 277 g/mol.